The molecule has 0 aliphatic rings. The maximum absolute atomic E-state index is 13.1. The summed E-state index contributed by atoms with van der Waals surface area (Å²) in [4.78, 5) is 12.4. The van der Waals surface area contributed by atoms with E-state index in [2.05, 4.69) is 0 Å². The third-order valence-corrected chi connectivity index (χ3v) is 2.03. The van der Waals surface area contributed by atoms with Gasteiger partial charge < -0.3 is 4.90 Å². The third-order valence-electron chi connectivity index (χ3n) is 2.03. The number of aldehydes is 1. The number of rotatable bonds is 3. The average Bonchev–Trinajstić information content (AvgIpc) is 2.16. The Hall–Kier alpha value is -1.38. The highest BCUT2D eigenvalue weighted by Gasteiger charge is 2.09. The molecule has 0 fully saturated rings. The van der Waals surface area contributed by atoms with E-state index in [0.29, 0.717) is 12.0 Å². The highest BCUT2D eigenvalue weighted by Crippen LogP contribution is 2.19. The van der Waals surface area contributed by atoms with Crippen LogP contribution in [0.5, 0.6) is 0 Å². The minimum absolute atomic E-state index is 0.131. The van der Waals surface area contributed by atoms with E-state index in [1.54, 1.807) is 12.1 Å². The second-order valence-corrected chi connectivity index (χ2v) is 2.80. The summed E-state index contributed by atoms with van der Waals surface area (Å²) in [6.07, 6.45) is 0.552. The molecule has 0 atom stereocenters. The zero-order valence-electron chi connectivity index (χ0n) is 7.75. The predicted molar refractivity (Wildman–Crippen MR) is 50.7 cm³/mol. The van der Waals surface area contributed by atoms with Crippen molar-refractivity contribution >= 4 is 12.0 Å². The molecule has 0 aliphatic heterocycles. The van der Waals surface area contributed by atoms with Gasteiger partial charge in [-0.05, 0) is 19.1 Å². The van der Waals surface area contributed by atoms with Crippen LogP contribution in [0.25, 0.3) is 0 Å². The molecular formula is C10H12FNO. The van der Waals surface area contributed by atoms with Gasteiger partial charge in [0.1, 0.15) is 5.82 Å². The Morgan fingerprint density at radius 3 is 2.77 bits per heavy atom. The molecular weight excluding hydrogens is 169 g/mol. The van der Waals surface area contributed by atoms with Crippen LogP contribution >= 0.6 is 0 Å². The van der Waals surface area contributed by atoms with E-state index in [1.807, 2.05) is 18.9 Å². The first kappa shape index (κ1) is 9.71. The molecule has 13 heavy (non-hydrogen) atoms. The van der Waals surface area contributed by atoms with Crippen molar-refractivity contribution in [3.05, 3.63) is 29.6 Å². The van der Waals surface area contributed by atoms with Crippen LogP contribution in [0.3, 0.4) is 0 Å². The minimum atomic E-state index is -0.465. The summed E-state index contributed by atoms with van der Waals surface area (Å²) >= 11 is 0. The Morgan fingerprint density at radius 2 is 2.23 bits per heavy atom. The van der Waals surface area contributed by atoms with Gasteiger partial charge in [0.2, 0.25) is 0 Å². The largest absolute Gasteiger partial charge is 0.374 e. The smallest absolute Gasteiger partial charge is 0.155 e. The lowest BCUT2D eigenvalue weighted by molar-refractivity contribution is 0.112. The van der Waals surface area contributed by atoms with Crippen LogP contribution in [-0.2, 0) is 0 Å². The summed E-state index contributed by atoms with van der Waals surface area (Å²) in [6, 6.07) is 4.62. The van der Waals surface area contributed by atoms with Gasteiger partial charge in [0.05, 0.1) is 5.56 Å². The van der Waals surface area contributed by atoms with Gasteiger partial charge in [-0.2, -0.15) is 0 Å². The Balaban J connectivity index is 3.19. The second kappa shape index (κ2) is 4.03. The van der Waals surface area contributed by atoms with Crippen LogP contribution in [0.4, 0.5) is 10.1 Å². The van der Waals surface area contributed by atoms with E-state index >= 15 is 0 Å². The van der Waals surface area contributed by atoms with Gasteiger partial charge in [-0.15, -0.1) is 0 Å². The number of hydrogen-bond donors (Lipinski definition) is 0. The SMILES string of the molecule is CCN(C)c1cccc(F)c1C=O. The Bertz CT molecular complexity index is 312. The molecule has 2 nitrogen and oxygen atoms in total. The fraction of sp³-hybridized carbons (Fsp3) is 0.300. The summed E-state index contributed by atoms with van der Waals surface area (Å²) in [5, 5.41) is 0. The molecule has 0 radical (unpaired) electrons. The summed E-state index contributed by atoms with van der Waals surface area (Å²) in [5.41, 5.74) is 0.768. The number of nitrogens with zero attached hydrogens (tertiary/aromatic N) is 1. The molecule has 0 amide bonds. The molecule has 0 saturated heterocycles. The Morgan fingerprint density at radius 1 is 1.54 bits per heavy atom. The molecule has 0 heterocycles. The summed E-state index contributed by atoms with van der Waals surface area (Å²) in [5.74, 6) is -0.465. The van der Waals surface area contributed by atoms with Crippen LogP contribution in [0.15, 0.2) is 18.2 Å². The lowest BCUT2D eigenvalue weighted by atomic mass is 10.1. The van der Waals surface area contributed by atoms with Crippen LogP contribution < -0.4 is 4.90 Å². The van der Waals surface area contributed by atoms with E-state index < -0.39 is 5.82 Å². The van der Waals surface area contributed by atoms with Crippen LogP contribution in [0.1, 0.15) is 17.3 Å². The molecule has 0 N–H and O–H groups in total. The predicted octanol–water partition coefficient (Wildman–Crippen LogP) is 2.09. The van der Waals surface area contributed by atoms with Crippen molar-refractivity contribution in [1.29, 1.82) is 0 Å². The quantitative estimate of drug-likeness (QED) is 0.665. The Kier molecular flexibility index (Phi) is 3.01. The van der Waals surface area contributed by atoms with Crippen LogP contribution in [0.2, 0.25) is 0 Å². The lowest BCUT2D eigenvalue weighted by Gasteiger charge is -2.18. The van der Waals surface area contributed by atoms with Gasteiger partial charge in [0, 0.05) is 19.3 Å². The van der Waals surface area contributed by atoms with Crippen molar-refractivity contribution in [3.63, 3.8) is 0 Å². The minimum Gasteiger partial charge on any atom is -0.374 e. The third kappa shape index (κ3) is 1.86. The Labute approximate surface area is 77.0 Å². The van der Waals surface area contributed by atoms with E-state index in [1.165, 1.54) is 6.07 Å². The first-order valence-corrected chi connectivity index (χ1v) is 4.15. The summed E-state index contributed by atoms with van der Waals surface area (Å²) < 4.78 is 13.1. The monoisotopic (exact) mass is 181 g/mol. The molecule has 0 spiro atoms. The van der Waals surface area contributed by atoms with Crippen molar-refractivity contribution in [2.24, 2.45) is 0 Å². The van der Waals surface area contributed by atoms with Gasteiger partial charge in [0.15, 0.2) is 6.29 Å². The highest BCUT2D eigenvalue weighted by atomic mass is 19.1. The topological polar surface area (TPSA) is 20.3 Å². The molecule has 0 saturated carbocycles. The number of carbonyl (C=O) groups is 1. The molecule has 0 unspecified atom stereocenters. The average molecular weight is 181 g/mol. The van der Waals surface area contributed by atoms with E-state index in [0.717, 1.165) is 6.54 Å². The van der Waals surface area contributed by atoms with Crippen LogP contribution in [0, 0.1) is 5.82 Å². The van der Waals surface area contributed by atoms with E-state index in [-0.39, 0.29) is 5.56 Å². The number of hydrogen-bond acceptors (Lipinski definition) is 2. The first-order chi connectivity index (χ1) is 6.20. The zero-order chi connectivity index (χ0) is 9.84. The molecule has 1 aromatic carbocycles. The van der Waals surface area contributed by atoms with Gasteiger partial charge in [-0.3, -0.25) is 4.79 Å². The lowest BCUT2D eigenvalue weighted by Crippen LogP contribution is -2.17. The van der Waals surface area contributed by atoms with E-state index in [9.17, 15) is 9.18 Å². The maximum atomic E-state index is 13.1. The summed E-state index contributed by atoms with van der Waals surface area (Å²) in [7, 11) is 1.82. The maximum Gasteiger partial charge on any atom is 0.155 e. The van der Waals surface area contributed by atoms with Gasteiger partial charge in [-0.1, -0.05) is 6.07 Å². The molecule has 1 rings (SSSR count). The molecule has 3 heteroatoms. The second-order valence-electron chi connectivity index (χ2n) is 2.80. The highest BCUT2D eigenvalue weighted by molar-refractivity contribution is 5.84. The van der Waals surface area contributed by atoms with Gasteiger partial charge in [0.25, 0.3) is 0 Å². The van der Waals surface area contributed by atoms with Crippen molar-refractivity contribution in [2.75, 3.05) is 18.5 Å². The van der Waals surface area contributed by atoms with Gasteiger partial charge >= 0.3 is 0 Å². The van der Waals surface area contributed by atoms with Gasteiger partial charge in [-0.25, -0.2) is 4.39 Å². The number of anilines is 1. The number of carbonyl (C=O) groups excluding carboxylic acids is 1. The standard InChI is InChI=1S/C10H12FNO/c1-3-12(2)10-6-4-5-9(11)8(10)7-13/h4-7H,3H2,1-2H3. The molecule has 70 valence electrons. The van der Waals surface area contributed by atoms with Crippen molar-refractivity contribution in [1.82, 2.24) is 0 Å². The normalized spacial score (nSPS) is 9.77. The molecule has 0 aromatic heterocycles. The molecule has 0 bridgehead atoms. The van der Waals surface area contributed by atoms with Crippen molar-refractivity contribution in [2.45, 2.75) is 6.92 Å². The van der Waals surface area contributed by atoms with Crippen molar-refractivity contribution in [3.8, 4) is 0 Å². The summed E-state index contributed by atoms with van der Waals surface area (Å²) in [6.45, 7) is 2.68. The zero-order valence-corrected chi connectivity index (χ0v) is 7.75. The number of halogens is 1. The first-order valence-electron chi connectivity index (χ1n) is 4.15. The molecule has 0 aliphatic carbocycles. The van der Waals surface area contributed by atoms with E-state index in [4.69, 9.17) is 0 Å². The fourth-order valence-electron chi connectivity index (χ4n) is 1.15. The van der Waals surface area contributed by atoms with Crippen LogP contribution in [-0.4, -0.2) is 19.9 Å². The number of benzene rings is 1. The van der Waals surface area contributed by atoms with Crippen molar-refractivity contribution < 1.29 is 9.18 Å². The molecule has 1 aromatic rings. The fourth-order valence-corrected chi connectivity index (χ4v) is 1.15.